The summed E-state index contributed by atoms with van der Waals surface area (Å²) in [6.45, 7) is 2.66. The van der Waals surface area contributed by atoms with Gasteiger partial charge in [-0.25, -0.2) is 5.01 Å². The Labute approximate surface area is 90.1 Å². The Morgan fingerprint density at radius 2 is 2.13 bits per heavy atom. The van der Waals surface area contributed by atoms with Crippen molar-refractivity contribution in [3.05, 3.63) is 0 Å². The first-order valence-corrected chi connectivity index (χ1v) is 5.51. The maximum atomic E-state index is 11.8. The van der Waals surface area contributed by atoms with Crippen molar-refractivity contribution in [1.82, 2.24) is 10.0 Å². The molecule has 0 atom stereocenters. The monoisotopic (exact) mass is 213 g/mol. The van der Waals surface area contributed by atoms with Gasteiger partial charge in [0, 0.05) is 39.8 Å². The van der Waals surface area contributed by atoms with Crippen LogP contribution in [0.3, 0.4) is 0 Å². The van der Waals surface area contributed by atoms with Crippen LogP contribution in [0, 0.1) is 0 Å². The third kappa shape index (κ3) is 1.75. The molecule has 2 fully saturated rings. The first kappa shape index (κ1) is 10.9. The Bertz CT molecular complexity index is 251. The quantitative estimate of drug-likeness (QED) is 0.676. The zero-order chi connectivity index (χ0) is 10.9. The molecule has 0 aromatic heterocycles. The first-order chi connectivity index (χ1) is 7.19. The molecule has 0 radical (unpaired) electrons. The molecule has 0 aromatic carbocycles. The predicted octanol–water partition coefficient (Wildman–Crippen LogP) is -0.427. The molecular weight excluding hydrogens is 194 g/mol. The molecule has 5 nitrogen and oxygen atoms in total. The number of nitrogens with two attached hydrogens (primary N) is 1. The maximum Gasteiger partial charge on any atom is 0.238 e. The minimum atomic E-state index is 0.00447. The Morgan fingerprint density at radius 1 is 1.47 bits per heavy atom. The fourth-order valence-corrected chi connectivity index (χ4v) is 2.56. The summed E-state index contributed by atoms with van der Waals surface area (Å²) in [5, 5.41) is 3.87. The molecule has 2 heterocycles. The average molecular weight is 213 g/mol. The second kappa shape index (κ2) is 4.08. The van der Waals surface area contributed by atoms with Gasteiger partial charge in [0.25, 0.3) is 0 Å². The van der Waals surface area contributed by atoms with Gasteiger partial charge >= 0.3 is 0 Å². The summed E-state index contributed by atoms with van der Waals surface area (Å²) >= 11 is 0. The summed E-state index contributed by atoms with van der Waals surface area (Å²) < 4.78 is 5.35. The fraction of sp³-hybridized carbons (Fsp3) is 0.900. The van der Waals surface area contributed by atoms with Gasteiger partial charge in [-0.1, -0.05) is 0 Å². The van der Waals surface area contributed by atoms with E-state index in [1.807, 2.05) is 7.05 Å². The van der Waals surface area contributed by atoms with Crippen LogP contribution in [0.2, 0.25) is 0 Å². The molecule has 2 rings (SSSR count). The highest BCUT2D eigenvalue weighted by Gasteiger charge is 2.48. The topological polar surface area (TPSA) is 58.8 Å². The minimum absolute atomic E-state index is 0.00447. The highest BCUT2D eigenvalue weighted by Crippen LogP contribution is 2.37. The van der Waals surface area contributed by atoms with Gasteiger partial charge in [-0.3, -0.25) is 9.80 Å². The van der Waals surface area contributed by atoms with Crippen molar-refractivity contribution in [3.8, 4) is 0 Å². The van der Waals surface area contributed by atoms with Crippen LogP contribution in [0.4, 0.5) is 0 Å². The van der Waals surface area contributed by atoms with E-state index in [9.17, 15) is 4.79 Å². The van der Waals surface area contributed by atoms with Crippen molar-refractivity contribution in [1.29, 1.82) is 0 Å². The van der Waals surface area contributed by atoms with E-state index >= 15 is 0 Å². The van der Waals surface area contributed by atoms with E-state index in [2.05, 4.69) is 5.01 Å². The van der Waals surface area contributed by atoms with E-state index in [0.29, 0.717) is 19.5 Å². The van der Waals surface area contributed by atoms with Gasteiger partial charge < -0.3 is 10.5 Å². The number of amides is 1. The van der Waals surface area contributed by atoms with Gasteiger partial charge in [-0.2, -0.15) is 0 Å². The van der Waals surface area contributed by atoms with E-state index in [4.69, 9.17) is 10.5 Å². The highest BCUT2D eigenvalue weighted by molar-refractivity contribution is 5.79. The van der Waals surface area contributed by atoms with Crippen molar-refractivity contribution < 1.29 is 9.53 Å². The zero-order valence-electron chi connectivity index (χ0n) is 9.24. The fourth-order valence-electron chi connectivity index (χ4n) is 2.56. The lowest BCUT2D eigenvalue weighted by atomic mass is 9.87. The molecule has 2 aliphatic heterocycles. The molecule has 86 valence electrons. The van der Waals surface area contributed by atoms with E-state index in [-0.39, 0.29) is 11.4 Å². The predicted molar refractivity (Wildman–Crippen MR) is 55.9 cm³/mol. The molecule has 2 N–H and O–H groups in total. The number of hydrogen-bond acceptors (Lipinski definition) is 4. The summed E-state index contributed by atoms with van der Waals surface area (Å²) in [6, 6.07) is 0. The number of ether oxygens (including phenoxy) is 1. The Morgan fingerprint density at radius 3 is 2.73 bits per heavy atom. The standard InChI is InChI=1S/C10H19N3O2/c1-12-10(2-6-15-7-3-10)8-9(14)13(12)5-4-11/h2-8,11H2,1H3. The van der Waals surface area contributed by atoms with Gasteiger partial charge in [0.2, 0.25) is 5.91 Å². The second-order valence-electron chi connectivity index (χ2n) is 4.34. The van der Waals surface area contributed by atoms with Crippen molar-refractivity contribution >= 4 is 5.91 Å². The van der Waals surface area contributed by atoms with E-state index < -0.39 is 0 Å². The molecule has 2 saturated heterocycles. The molecule has 2 aliphatic rings. The van der Waals surface area contributed by atoms with E-state index in [0.717, 1.165) is 26.1 Å². The van der Waals surface area contributed by atoms with Gasteiger partial charge in [-0.05, 0) is 12.8 Å². The van der Waals surface area contributed by atoms with Crippen LogP contribution in [-0.2, 0) is 9.53 Å². The molecular formula is C10H19N3O2. The smallest absolute Gasteiger partial charge is 0.238 e. The highest BCUT2D eigenvalue weighted by atomic mass is 16.5. The Kier molecular flexibility index (Phi) is 2.95. The summed E-state index contributed by atoms with van der Waals surface area (Å²) in [6.07, 6.45) is 2.50. The molecule has 0 aliphatic carbocycles. The van der Waals surface area contributed by atoms with Gasteiger partial charge in [0.15, 0.2) is 0 Å². The third-order valence-corrected chi connectivity index (χ3v) is 3.58. The van der Waals surface area contributed by atoms with Gasteiger partial charge in [0.1, 0.15) is 0 Å². The van der Waals surface area contributed by atoms with Crippen LogP contribution in [-0.4, -0.2) is 54.8 Å². The normalized spacial score (nSPS) is 26.5. The molecule has 1 spiro atoms. The van der Waals surface area contributed by atoms with Crippen LogP contribution in [0.5, 0.6) is 0 Å². The number of hydrazine groups is 1. The van der Waals surface area contributed by atoms with Crippen LogP contribution in [0.15, 0.2) is 0 Å². The molecule has 0 aromatic rings. The third-order valence-electron chi connectivity index (χ3n) is 3.58. The van der Waals surface area contributed by atoms with Crippen molar-refractivity contribution in [2.45, 2.75) is 24.8 Å². The van der Waals surface area contributed by atoms with Crippen LogP contribution in [0.25, 0.3) is 0 Å². The van der Waals surface area contributed by atoms with Crippen LogP contribution >= 0.6 is 0 Å². The van der Waals surface area contributed by atoms with Crippen molar-refractivity contribution in [2.75, 3.05) is 33.4 Å². The van der Waals surface area contributed by atoms with Gasteiger partial charge in [-0.15, -0.1) is 0 Å². The lowest BCUT2D eigenvalue weighted by molar-refractivity contribution is -0.140. The van der Waals surface area contributed by atoms with Crippen LogP contribution in [0.1, 0.15) is 19.3 Å². The van der Waals surface area contributed by atoms with E-state index in [1.54, 1.807) is 5.01 Å². The Balaban J connectivity index is 2.12. The number of rotatable bonds is 2. The first-order valence-electron chi connectivity index (χ1n) is 5.51. The van der Waals surface area contributed by atoms with Crippen molar-refractivity contribution in [3.63, 3.8) is 0 Å². The zero-order valence-corrected chi connectivity index (χ0v) is 9.24. The lowest BCUT2D eigenvalue weighted by Gasteiger charge is -2.40. The SMILES string of the molecule is CN1N(CCN)C(=O)CC12CCOCC2. The number of carbonyl (C=O) groups is 1. The molecule has 0 saturated carbocycles. The molecule has 0 bridgehead atoms. The average Bonchev–Trinajstić information content (AvgIpc) is 2.45. The van der Waals surface area contributed by atoms with Crippen LogP contribution < -0.4 is 5.73 Å². The minimum Gasteiger partial charge on any atom is -0.381 e. The number of hydrogen-bond donors (Lipinski definition) is 1. The Hall–Kier alpha value is -0.650. The summed E-state index contributed by atoms with van der Waals surface area (Å²) in [7, 11) is 1.99. The summed E-state index contributed by atoms with van der Waals surface area (Å²) in [4.78, 5) is 11.8. The molecule has 1 amide bonds. The maximum absolute atomic E-state index is 11.8. The lowest BCUT2D eigenvalue weighted by Crippen LogP contribution is -2.51. The van der Waals surface area contributed by atoms with E-state index in [1.165, 1.54) is 0 Å². The van der Waals surface area contributed by atoms with Gasteiger partial charge in [0.05, 0.1) is 5.54 Å². The van der Waals surface area contributed by atoms with Crippen molar-refractivity contribution in [2.24, 2.45) is 5.73 Å². The second-order valence-corrected chi connectivity index (χ2v) is 4.34. The molecule has 5 heteroatoms. The molecule has 15 heavy (non-hydrogen) atoms. The number of carbonyl (C=O) groups excluding carboxylic acids is 1. The molecule has 0 unspecified atom stereocenters. The summed E-state index contributed by atoms with van der Waals surface area (Å²) in [5.41, 5.74) is 5.51. The largest absolute Gasteiger partial charge is 0.381 e. The number of nitrogens with zero attached hydrogens (tertiary/aromatic N) is 2. The summed E-state index contributed by atoms with van der Waals surface area (Å²) in [5.74, 6) is 0.199.